The zero-order valence-electron chi connectivity index (χ0n) is 13.1. The van der Waals surface area contributed by atoms with Crippen LogP contribution >= 0.6 is 11.3 Å². The molecule has 2 aromatic heterocycles. The minimum absolute atomic E-state index is 0.0486. The first-order valence-electron chi connectivity index (χ1n) is 8.43. The van der Waals surface area contributed by atoms with Gasteiger partial charge in [-0.2, -0.15) is 0 Å². The number of carbonyl (C=O) groups excluding carboxylic acids is 1. The smallest absolute Gasteiger partial charge is 0.262 e. The average Bonchev–Trinajstić information content (AvgIpc) is 3.06. The molecule has 0 bridgehead atoms. The minimum atomic E-state index is -0.114. The Hall–Kier alpha value is -1.69. The van der Waals surface area contributed by atoms with E-state index in [4.69, 9.17) is 0 Å². The molecule has 0 N–H and O–H groups in total. The highest BCUT2D eigenvalue weighted by Gasteiger charge is 2.32. The van der Waals surface area contributed by atoms with E-state index in [1.807, 2.05) is 10.3 Å². The Morgan fingerprint density at radius 2 is 2.09 bits per heavy atom. The largest absolute Gasteiger partial charge is 0.341 e. The molecule has 2 aliphatic rings. The summed E-state index contributed by atoms with van der Waals surface area (Å²) in [5, 5.41) is 2.47. The molecule has 1 saturated heterocycles. The second kappa shape index (κ2) is 6.07. The van der Waals surface area contributed by atoms with E-state index in [0.29, 0.717) is 11.3 Å². The quantitative estimate of drug-likeness (QED) is 0.849. The molecule has 6 heteroatoms. The number of hydrogen-bond donors (Lipinski definition) is 0. The van der Waals surface area contributed by atoms with Crippen molar-refractivity contribution in [2.24, 2.45) is 11.8 Å². The second-order valence-corrected chi connectivity index (χ2v) is 7.64. The summed E-state index contributed by atoms with van der Waals surface area (Å²) in [6, 6.07) is 1.78. The van der Waals surface area contributed by atoms with Crippen molar-refractivity contribution in [1.29, 1.82) is 0 Å². The third-order valence-electron chi connectivity index (χ3n) is 5.40. The first-order valence-corrected chi connectivity index (χ1v) is 9.31. The maximum Gasteiger partial charge on any atom is 0.262 e. The van der Waals surface area contributed by atoms with Crippen molar-refractivity contribution in [1.82, 2.24) is 14.5 Å². The van der Waals surface area contributed by atoms with Crippen molar-refractivity contribution in [3.8, 4) is 0 Å². The number of fused-ring (bicyclic) bond motifs is 2. The molecule has 0 spiro atoms. The van der Waals surface area contributed by atoms with Gasteiger partial charge in [0.25, 0.3) is 5.56 Å². The van der Waals surface area contributed by atoms with Gasteiger partial charge in [-0.15, -0.1) is 11.3 Å². The van der Waals surface area contributed by atoms with Crippen LogP contribution in [0.5, 0.6) is 0 Å². The minimum Gasteiger partial charge on any atom is -0.341 e. The summed E-state index contributed by atoms with van der Waals surface area (Å²) in [4.78, 5) is 32.0. The van der Waals surface area contributed by atoms with Crippen LogP contribution in [-0.4, -0.2) is 33.4 Å². The molecule has 4 rings (SSSR count). The zero-order chi connectivity index (χ0) is 15.8. The number of likely N-dealkylation sites (tertiary alicyclic amines) is 1. The Morgan fingerprint density at radius 3 is 2.96 bits per heavy atom. The lowest BCUT2D eigenvalue weighted by Gasteiger charge is -2.41. The Morgan fingerprint density at radius 1 is 1.26 bits per heavy atom. The van der Waals surface area contributed by atoms with Crippen LogP contribution < -0.4 is 5.56 Å². The van der Waals surface area contributed by atoms with E-state index in [-0.39, 0.29) is 18.0 Å². The summed E-state index contributed by atoms with van der Waals surface area (Å²) in [5.74, 6) is 1.52. The SMILES string of the molecule is O=C(Cn1cnc2sccc2c1=O)N1CC[C@@H]2CCCC[C@H]2C1. The fourth-order valence-corrected chi connectivity index (χ4v) is 4.80. The molecular formula is C17H21N3O2S. The van der Waals surface area contributed by atoms with Gasteiger partial charge in [-0.1, -0.05) is 19.3 Å². The van der Waals surface area contributed by atoms with Crippen LogP contribution in [0.4, 0.5) is 0 Å². The Labute approximate surface area is 138 Å². The van der Waals surface area contributed by atoms with Gasteiger partial charge in [-0.3, -0.25) is 14.2 Å². The molecular weight excluding hydrogens is 310 g/mol. The van der Waals surface area contributed by atoms with Gasteiger partial charge >= 0.3 is 0 Å². The van der Waals surface area contributed by atoms with Gasteiger partial charge < -0.3 is 4.90 Å². The van der Waals surface area contributed by atoms with Crippen molar-refractivity contribution in [2.45, 2.75) is 38.6 Å². The normalized spacial score (nSPS) is 24.6. The lowest BCUT2D eigenvalue weighted by atomic mass is 9.75. The third kappa shape index (κ3) is 2.80. The molecule has 2 fully saturated rings. The number of piperidine rings is 1. The lowest BCUT2D eigenvalue weighted by Crippen LogP contribution is -2.46. The molecule has 5 nitrogen and oxygen atoms in total. The lowest BCUT2D eigenvalue weighted by molar-refractivity contribution is -0.135. The summed E-state index contributed by atoms with van der Waals surface area (Å²) < 4.78 is 1.45. The van der Waals surface area contributed by atoms with E-state index < -0.39 is 0 Å². The fraction of sp³-hybridized carbons (Fsp3) is 0.588. The number of hydrogen-bond acceptors (Lipinski definition) is 4. The monoisotopic (exact) mass is 331 g/mol. The molecule has 2 aromatic rings. The number of carbonyl (C=O) groups is 1. The van der Waals surface area contributed by atoms with Crippen LogP contribution in [0.1, 0.15) is 32.1 Å². The van der Waals surface area contributed by atoms with Gasteiger partial charge in [0.05, 0.1) is 11.7 Å². The van der Waals surface area contributed by atoms with E-state index >= 15 is 0 Å². The predicted octanol–water partition coefficient (Wildman–Crippen LogP) is 2.50. The summed E-state index contributed by atoms with van der Waals surface area (Å²) in [7, 11) is 0. The van der Waals surface area contributed by atoms with Gasteiger partial charge in [0.1, 0.15) is 11.4 Å². The van der Waals surface area contributed by atoms with Gasteiger partial charge in [0, 0.05) is 13.1 Å². The van der Waals surface area contributed by atoms with Gasteiger partial charge in [0.15, 0.2) is 0 Å². The van der Waals surface area contributed by atoms with Crippen LogP contribution in [-0.2, 0) is 11.3 Å². The topological polar surface area (TPSA) is 55.2 Å². The van der Waals surface area contributed by atoms with Crippen LogP contribution in [0.3, 0.4) is 0 Å². The van der Waals surface area contributed by atoms with Crippen LogP contribution in [0.25, 0.3) is 10.2 Å². The zero-order valence-corrected chi connectivity index (χ0v) is 13.9. The second-order valence-electron chi connectivity index (χ2n) is 6.75. The number of thiophene rings is 1. The Kier molecular flexibility index (Phi) is 3.93. The van der Waals surface area contributed by atoms with Crippen LogP contribution in [0, 0.1) is 11.8 Å². The highest BCUT2D eigenvalue weighted by atomic mass is 32.1. The van der Waals surface area contributed by atoms with Gasteiger partial charge in [-0.05, 0) is 36.1 Å². The standard InChI is InChI=1S/C17H21N3O2S/c21-15(19-7-5-12-3-1-2-4-13(12)9-19)10-20-11-18-16-14(17(20)22)6-8-23-16/h6,8,11-13H,1-5,7,9-10H2/t12-,13-/m0/s1. The molecule has 0 unspecified atom stereocenters. The van der Waals surface area contributed by atoms with Crippen LogP contribution in [0.15, 0.2) is 22.6 Å². The number of nitrogens with zero attached hydrogens (tertiary/aromatic N) is 3. The van der Waals surface area contributed by atoms with E-state index in [9.17, 15) is 9.59 Å². The summed E-state index contributed by atoms with van der Waals surface area (Å²) in [5.41, 5.74) is -0.114. The maximum atomic E-state index is 12.6. The molecule has 2 atom stereocenters. The third-order valence-corrected chi connectivity index (χ3v) is 6.22. The highest BCUT2D eigenvalue weighted by Crippen LogP contribution is 2.36. The molecule has 0 aromatic carbocycles. The number of aromatic nitrogens is 2. The average molecular weight is 331 g/mol. The van der Waals surface area contributed by atoms with Gasteiger partial charge in [-0.25, -0.2) is 4.98 Å². The van der Waals surface area contributed by atoms with E-state index in [1.165, 1.54) is 47.9 Å². The molecule has 23 heavy (non-hydrogen) atoms. The van der Waals surface area contributed by atoms with Crippen molar-refractivity contribution < 1.29 is 4.79 Å². The molecule has 1 aliphatic heterocycles. The van der Waals surface area contributed by atoms with E-state index in [1.54, 1.807) is 6.07 Å². The molecule has 0 radical (unpaired) electrons. The van der Waals surface area contributed by atoms with Crippen molar-refractivity contribution in [3.63, 3.8) is 0 Å². The van der Waals surface area contributed by atoms with E-state index in [2.05, 4.69) is 4.98 Å². The maximum absolute atomic E-state index is 12.6. The molecule has 122 valence electrons. The highest BCUT2D eigenvalue weighted by molar-refractivity contribution is 7.16. The Bertz CT molecular complexity index is 781. The van der Waals surface area contributed by atoms with Gasteiger partial charge in [0.2, 0.25) is 5.91 Å². The summed E-state index contributed by atoms with van der Waals surface area (Å²) in [6.07, 6.45) is 7.83. The first-order chi connectivity index (χ1) is 11.2. The van der Waals surface area contributed by atoms with Crippen LogP contribution in [0.2, 0.25) is 0 Å². The Balaban J connectivity index is 1.48. The molecule has 1 saturated carbocycles. The van der Waals surface area contributed by atoms with Crippen molar-refractivity contribution >= 4 is 27.5 Å². The number of rotatable bonds is 2. The number of amides is 1. The van der Waals surface area contributed by atoms with Crippen molar-refractivity contribution in [2.75, 3.05) is 13.1 Å². The van der Waals surface area contributed by atoms with Crippen molar-refractivity contribution in [3.05, 3.63) is 28.1 Å². The molecule has 1 amide bonds. The molecule has 3 heterocycles. The summed E-state index contributed by atoms with van der Waals surface area (Å²) >= 11 is 1.45. The predicted molar refractivity (Wildman–Crippen MR) is 90.5 cm³/mol. The first kappa shape index (κ1) is 14.9. The fourth-order valence-electron chi connectivity index (χ4n) is 4.08. The van der Waals surface area contributed by atoms with E-state index in [0.717, 1.165) is 30.3 Å². The summed E-state index contributed by atoms with van der Waals surface area (Å²) in [6.45, 7) is 1.81. The molecule has 1 aliphatic carbocycles.